The average Bonchev–Trinajstić information content (AvgIpc) is 2.78. The van der Waals surface area contributed by atoms with Gasteiger partial charge in [0, 0.05) is 29.4 Å². The Morgan fingerprint density at radius 2 is 1.72 bits per heavy atom. The van der Waals surface area contributed by atoms with Gasteiger partial charge in [-0.05, 0) is 47.9 Å². The lowest BCUT2D eigenvalue weighted by Gasteiger charge is -2.43. The first-order valence-corrected chi connectivity index (χ1v) is 10.6. The van der Waals surface area contributed by atoms with Gasteiger partial charge in [-0.25, -0.2) is 0 Å². The maximum Gasteiger partial charge on any atom is 0.303 e. The average molecular weight is 434 g/mol. The van der Waals surface area contributed by atoms with Gasteiger partial charge in [0.1, 0.15) is 23.0 Å². The molecule has 0 aliphatic carbocycles. The van der Waals surface area contributed by atoms with Crippen LogP contribution in [0.2, 0.25) is 0 Å². The monoisotopic (exact) mass is 434 g/mol. The summed E-state index contributed by atoms with van der Waals surface area (Å²) in [6, 6.07) is 20.2. The second-order valence-corrected chi connectivity index (χ2v) is 8.32. The van der Waals surface area contributed by atoms with Crippen LogP contribution in [0.4, 0.5) is 0 Å². The minimum absolute atomic E-state index is 0.0579. The van der Waals surface area contributed by atoms with E-state index in [9.17, 15) is 15.0 Å². The van der Waals surface area contributed by atoms with Gasteiger partial charge in [0.25, 0.3) is 0 Å². The van der Waals surface area contributed by atoms with Crippen molar-refractivity contribution in [1.29, 1.82) is 0 Å². The molecule has 3 aromatic carbocycles. The number of phenolic OH excluding ortho intramolecular Hbond substituents is 2. The van der Waals surface area contributed by atoms with Gasteiger partial charge in [-0.1, -0.05) is 37.3 Å². The Morgan fingerprint density at radius 1 is 1.03 bits per heavy atom. The van der Waals surface area contributed by atoms with Crippen LogP contribution in [0.15, 0.2) is 66.7 Å². The molecule has 0 amide bonds. The fourth-order valence-corrected chi connectivity index (χ4v) is 4.35. The molecule has 6 nitrogen and oxygen atoms in total. The number of aliphatic carboxylic acids is 1. The van der Waals surface area contributed by atoms with Gasteiger partial charge in [-0.3, -0.25) is 4.79 Å². The Kier molecular flexibility index (Phi) is 5.95. The third-order valence-corrected chi connectivity index (χ3v) is 6.02. The fraction of sp³-hybridized carbons (Fsp3) is 0.269. The van der Waals surface area contributed by atoms with Crippen molar-refractivity contribution in [3.63, 3.8) is 0 Å². The molecule has 3 N–H and O–H groups in total. The molecule has 6 heteroatoms. The Morgan fingerprint density at radius 3 is 2.41 bits per heavy atom. The summed E-state index contributed by atoms with van der Waals surface area (Å²) in [4.78, 5) is 10.7. The maximum absolute atomic E-state index is 10.7. The third-order valence-electron chi connectivity index (χ3n) is 6.02. The molecule has 0 saturated carbocycles. The zero-order chi connectivity index (χ0) is 22.7. The number of hydrogen-bond donors (Lipinski definition) is 3. The molecule has 1 heterocycles. The van der Waals surface area contributed by atoms with Gasteiger partial charge in [0.05, 0.1) is 13.2 Å². The summed E-state index contributed by atoms with van der Waals surface area (Å²) < 4.78 is 11.8. The Balaban J connectivity index is 1.67. The lowest BCUT2D eigenvalue weighted by molar-refractivity contribution is -0.137. The first-order chi connectivity index (χ1) is 15.4. The summed E-state index contributed by atoms with van der Waals surface area (Å²) in [5, 5.41) is 28.4. The summed E-state index contributed by atoms with van der Waals surface area (Å²) in [7, 11) is 0. The number of carbonyl (C=O) groups is 1. The number of carboxylic acids is 1. The highest BCUT2D eigenvalue weighted by molar-refractivity contribution is 5.66. The molecule has 0 spiro atoms. The van der Waals surface area contributed by atoms with Crippen LogP contribution < -0.4 is 9.47 Å². The molecule has 0 aromatic heterocycles. The van der Waals surface area contributed by atoms with Crippen LogP contribution in [0.1, 0.15) is 42.4 Å². The van der Waals surface area contributed by atoms with E-state index in [0.717, 1.165) is 16.7 Å². The van der Waals surface area contributed by atoms with Crippen molar-refractivity contribution in [2.45, 2.75) is 31.1 Å². The van der Waals surface area contributed by atoms with Crippen LogP contribution in [-0.2, 0) is 10.2 Å². The molecule has 0 unspecified atom stereocenters. The zero-order valence-electron chi connectivity index (χ0n) is 17.8. The summed E-state index contributed by atoms with van der Waals surface area (Å²) >= 11 is 0. The Hall–Kier alpha value is -3.67. The molecule has 166 valence electrons. The van der Waals surface area contributed by atoms with E-state index >= 15 is 0 Å². The van der Waals surface area contributed by atoms with Crippen molar-refractivity contribution in [2.75, 3.05) is 13.2 Å². The summed E-state index contributed by atoms with van der Waals surface area (Å²) in [5.74, 6) is 0.809. The van der Waals surface area contributed by atoms with Crippen molar-refractivity contribution < 1.29 is 29.6 Å². The van der Waals surface area contributed by atoms with Gasteiger partial charge < -0.3 is 24.8 Å². The predicted octanol–water partition coefficient (Wildman–Crippen LogP) is 4.82. The van der Waals surface area contributed by atoms with E-state index in [-0.39, 0.29) is 23.8 Å². The number of aromatic hydroxyl groups is 2. The lowest BCUT2D eigenvalue weighted by Crippen LogP contribution is -2.40. The molecule has 0 radical (unpaired) electrons. The van der Waals surface area contributed by atoms with Crippen LogP contribution >= 0.6 is 0 Å². The predicted molar refractivity (Wildman–Crippen MR) is 120 cm³/mol. The molecule has 32 heavy (non-hydrogen) atoms. The number of rotatable bonds is 7. The number of carboxylic acid groups (broad SMARTS) is 1. The highest BCUT2D eigenvalue weighted by Crippen LogP contribution is 2.50. The van der Waals surface area contributed by atoms with E-state index in [1.165, 1.54) is 0 Å². The molecule has 2 atom stereocenters. The van der Waals surface area contributed by atoms with Gasteiger partial charge in [-0.15, -0.1) is 0 Å². The number of benzene rings is 3. The number of ether oxygens (including phenoxy) is 2. The number of hydrogen-bond acceptors (Lipinski definition) is 5. The van der Waals surface area contributed by atoms with E-state index in [4.69, 9.17) is 14.6 Å². The first-order valence-electron chi connectivity index (χ1n) is 10.6. The summed E-state index contributed by atoms with van der Waals surface area (Å²) in [6.07, 6.45) is 0.529. The molecule has 0 bridgehead atoms. The van der Waals surface area contributed by atoms with E-state index < -0.39 is 11.4 Å². The van der Waals surface area contributed by atoms with E-state index in [2.05, 4.69) is 6.92 Å². The largest absolute Gasteiger partial charge is 0.508 e. The molecule has 4 rings (SSSR count). The van der Waals surface area contributed by atoms with Crippen molar-refractivity contribution >= 4 is 5.97 Å². The maximum atomic E-state index is 10.7. The van der Waals surface area contributed by atoms with Crippen LogP contribution in [-0.4, -0.2) is 34.5 Å². The van der Waals surface area contributed by atoms with Crippen LogP contribution in [0.25, 0.3) is 0 Å². The highest BCUT2D eigenvalue weighted by Gasteiger charge is 2.43. The lowest BCUT2D eigenvalue weighted by atomic mass is 9.65. The van der Waals surface area contributed by atoms with Gasteiger partial charge >= 0.3 is 5.97 Å². The molecule has 1 aliphatic rings. The third kappa shape index (κ3) is 4.35. The second kappa shape index (κ2) is 8.83. The van der Waals surface area contributed by atoms with Crippen LogP contribution in [0.5, 0.6) is 23.0 Å². The summed E-state index contributed by atoms with van der Waals surface area (Å²) in [5.41, 5.74) is 2.66. The molecular formula is C26H26O6. The normalized spacial score (nSPS) is 19.6. The molecule has 0 saturated heterocycles. The second-order valence-electron chi connectivity index (χ2n) is 8.32. The smallest absolute Gasteiger partial charge is 0.303 e. The van der Waals surface area contributed by atoms with E-state index in [1.807, 2.05) is 42.5 Å². The van der Waals surface area contributed by atoms with Crippen molar-refractivity contribution in [1.82, 2.24) is 0 Å². The zero-order valence-corrected chi connectivity index (χ0v) is 17.8. The molecular weight excluding hydrogens is 408 g/mol. The SMILES string of the molecule is C[C@]1(c2ccc(O)cc2)COc2cc(O)ccc2[C@H]1c1ccc(OCCCC(=O)O)cc1. The van der Waals surface area contributed by atoms with Crippen LogP contribution in [0.3, 0.4) is 0 Å². The topological polar surface area (TPSA) is 96.2 Å². The molecule has 3 aromatic rings. The van der Waals surface area contributed by atoms with E-state index in [0.29, 0.717) is 31.1 Å². The molecule has 0 fully saturated rings. The van der Waals surface area contributed by atoms with Gasteiger partial charge in [0.15, 0.2) is 0 Å². The number of phenols is 2. The minimum Gasteiger partial charge on any atom is -0.508 e. The standard InChI is InChI=1S/C26H26O6/c1-26(18-6-8-19(27)9-7-18)16-32-23-15-20(28)10-13-22(23)25(26)17-4-11-21(12-5-17)31-14-2-3-24(29)30/h4-13,15,25,27-28H,2-3,14,16H2,1H3,(H,29,30)/t25-,26-/m1/s1. The van der Waals surface area contributed by atoms with Crippen molar-refractivity contribution in [3.05, 3.63) is 83.4 Å². The first kappa shape index (κ1) is 21.6. The van der Waals surface area contributed by atoms with Crippen molar-refractivity contribution in [2.24, 2.45) is 0 Å². The quantitative estimate of drug-likeness (QED) is 0.461. The Bertz CT molecular complexity index is 1090. The summed E-state index contributed by atoms with van der Waals surface area (Å²) in [6.45, 7) is 2.89. The fourth-order valence-electron chi connectivity index (χ4n) is 4.35. The van der Waals surface area contributed by atoms with Gasteiger partial charge in [-0.2, -0.15) is 0 Å². The van der Waals surface area contributed by atoms with Gasteiger partial charge in [0.2, 0.25) is 0 Å². The Labute approximate surface area is 186 Å². The van der Waals surface area contributed by atoms with E-state index in [1.54, 1.807) is 24.3 Å². The molecule has 1 aliphatic heterocycles. The highest BCUT2D eigenvalue weighted by atomic mass is 16.5. The number of fused-ring (bicyclic) bond motifs is 1. The van der Waals surface area contributed by atoms with Crippen molar-refractivity contribution in [3.8, 4) is 23.0 Å². The van der Waals surface area contributed by atoms with Crippen LogP contribution in [0, 0.1) is 0 Å². The minimum atomic E-state index is -0.832.